The van der Waals surface area contributed by atoms with E-state index >= 15 is 0 Å². The third kappa shape index (κ3) is 9.80. The van der Waals surface area contributed by atoms with Gasteiger partial charge in [0, 0.05) is 72.4 Å². The molecule has 0 radical (unpaired) electrons. The number of hydrogen-bond donors (Lipinski definition) is 4. The zero-order valence-corrected chi connectivity index (χ0v) is 38.5. The molecule has 20 heteroatoms. The van der Waals surface area contributed by atoms with Gasteiger partial charge in [-0.15, -0.1) is 0 Å². The average Bonchev–Trinajstić information content (AvgIpc) is 4.08. The molecular formula is C46H42BCl2F2N11O3Si. The molecule has 0 saturated carbocycles. The van der Waals surface area contributed by atoms with Crippen LogP contribution in [0.25, 0.3) is 78.6 Å². The van der Waals surface area contributed by atoms with Crippen molar-refractivity contribution in [2.24, 2.45) is 0 Å². The standard InChI is InChI=1S/C23H25BClFN4O3Si.C23H17ClFN7/c1-34(2,3)9-8-33-14-30-13-28-22(23(30)17-11-16(25)4-5-18(17)26)20-7-6-19-21(29-20)10-15(12-27-19)24(31)32;24-14-1-2-17(25)16(8-14)22-23(29-12-28-22)19-4-3-18-21(30-19)7-13(10-27-18)20-9-15-11-26-5-6-32(15)31-20/h4-7,10-13,31-32H,8-9,14H2,1-3H3;1-4,7-10,12,26H,5-6,11H2,(H,28,29). The molecule has 0 unspecified atom stereocenters. The van der Waals surface area contributed by atoms with Crippen LogP contribution >= 0.6 is 23.2 Å². The fraction of sp³-hybridized carbons (Fsp3) is 0.196. The molecule has 14 nitrogen and oxygen atoms in total. The van der Waals surface area contributed by atoms with Gasteiger partial charge in [0.05, 0.1) is 75.4 Å². The minimum Gasteiger partial charge on any atom is -0.423 e. The van der Waals surface area contributed by atoms with Crippen molar-refractivity contribution in [2.75, 3.05) is 13.2 Å². The topological polar surface area (TPSA) is 178 Å². The molecule has 7 aromatic heterocycles. The van der Waals surface area contributed by atoms with Crippen molar-refractivity contribution in [3.8, 4) is 56.5 Å². The molecule has 0 atom stereocenters. The first-order valence-electron chi connectivity index (χ1n) is 21.0. The van der Waals surface area contributed by atoms with Crippen LogP contribution < -0.4 is 10.8 Å². The molecule has 334 valence electrons. The number of rotatable bonds is 11. The molecule has 0 aliphatic carbocycles. The first-order valence-corrected chi connectivity index (χ1v) is 25.5. The number of imidazole rings is 2. The maximum Gasteiger partial charge on any atom is 0.490 e. The Morgan fingerprint density at radius 3 is 2.20 bits per heavy atom. The highest BCUT2D eigenvalue weighted by Crippen LogP contribution is 2.35. The minimum absolute atomic E-state index is 0.203. The number of H-pyrrole nitrogens is 1. The lowest BCUT2D eigenvalue weighted by molar-refractivity contribution is 0.0882. The van der Waals surface area contributed by atoms with Gasteiger partial charge in [-0.3, -0.25) is 14.6 Å². The van der Waals surface area contributed by atoms with Gasteiger partial charge in [0.1, 0.15) is 29.8 Å². The van der Waals surface area contributed by atoms with Crippen LogP contribution in [-0.2, 0) is 24.6 Å². The second kappa shape index (κ2) is 18.9. The summed E-state index contributed by atoms with van der Waals surface area (Å²) in [5, 5.41) is 27.9. The molecule has 0 amide bonds. The van der Waals surface area contributed by atoms with Crippen LogP contribution in [0.2, 0.25) is 35.7 Å². The number of aromatic nitrogens is 10. The van der Waals surface area contributed by atoms with E-state index < -0.39 is 26.8 Å². The van der Waals surface area contributed by atoms with Gasteiger partial charge in [-0.2, -0.15) is 5.10 Å². The molecule has 0 fully saturated rings. The Hall–Kier alpha value is -6.25. The average molecular weight is 945 g/mol. The number of aromatic amines is 1. The molecule has 0 spiro atoms. The Labute approximate surface area is 388 Å². The van der Waals surface area contributed by atoms with Crippen molar-refractivity contribution in [3.63, 3.8) is 0 Å². The van der Waals surface area contributed by atoms with Crippen LogP contribution in [0, 0.1) is 11.6 Å². The number of fused-ring (bicyclic) bond motifs is 3. The van der Waals surface area contributed by atoms with Gasteiger partial charge < -0.3 is 29.7 Å². The van der Waals surface area contributed by atoms with Crippen LogP contribution in [0.4, 0.5) is 8.78 Å². The van der Waals surface area contributed by atoms with Crippen molar-refractivity contribution in [3.05, 3.63) is 131 Å². The summed E-state index contributed by atoms with van der Waals surface area (Å²) < 4.78 is 39.1. The van der Waals surface area contributed by atoms with Crippen molar-refractivity contribution >= 4 is 65.9 Å². The number of nitrogens with zero attached hydrogens (tertiary/aromatic N) is 9. The lowest BCUT2D eigenvalue weighted by Crippen LogP contribution is -2.30. The zero-order chi connectivity index (χ0) is 46.1. The monoisotopic (exact) mass is 943 g/mol. The third-order valence-electron chi connectivity index (χ3n) is 10.9. The molecule has 4 N–H and O–H groups in total. The van der Waals surface area contributed by atoms with Crippen LogP contribution in [0.5, 0.6) is 0 Å². The van der Waals surface area contributed by atoms with Gasteiger partial charge in [0.15, 0.2) is 0 Å². The summed E-state index contributed by atoms with van der Waals surface area (Å²) in [5.74, 6) is -0.839. The second-order valence-corrected chi connectivity index (χ2v) is 23.4. The molecule has 0 saturated heterocycles. The predicted octanol–water partition coefficient (Wildman–Crippen LogP) is 8.39. The fourth-order valence-electron chi connectivity index (χ4n) is 7.46. The molecule has 66 heavy (non-hydrogen) atoms. The maximum absolute atomic E-state index is 14.9. The lowest BCUT2D eigenvalue weighted by Gasteiger charge is -2.16. The molecule has 9 aromatic rings. The molecule has 1 aliphatic heterocycles. The van der Waals surface area contributed by atoms with Crippen molar-refractivity contribution in [2.45, 2.75) is 45.5 Å². The highest BCUT2D eigenvalue weighted by molar-refractivity contribution is 6.76. The Bertz CT molecular complexity index is 3210. The summed E-state index contributed by atoms with van der Waals surface area (Å²) in [6.07, 6.45) is 6.31. The van der Waals surface area contributed by atoms with E-state index in [1.54, 1.807) is 41.2 Å². The number of pyridine rings is 4. The first-order chi connectivity index (χ1) is 31.8. The Morgan fingerprint density at radius 2 is 1.45 bits per heavy atom. The van der Waals surface area contributed by atoms with Gasteiger partial charge in [0.25, 0.3) is 0 Å². The molecule has 8 heterocycles. The van der Waals surface area contributed by atoms with Crippen LogP contribution in [0.15, 0.2) is 104 Å². The number of halogens is 4. The van der Waals surface area contributed by atoms with E-state index in [0.717, 1.165) is 53.7 Å². The highest BCUT2D eigenvalue weighted by atomic mass is 35.5. The maximum atomic E-state index is 14.9. The Kier molecular flexibility index (Phi) is 12.9. The summed E-state index contributed by atoms with van der Waals surface area (Å²) in [4.78, 5) is 30.1. The molecule has 0 bridgehead atoms. The number of nitrogens with one attached hydrogen (secondary N) is 2. The summed E-state index contributed by atoms with van der Waals surface area (Å²) in [7, 11) is -2.92. The normalized spacial score (nSPS) is 12.6. The first kappa shape index (κ1) is 44.9. The largest absolute Gasteiger partial charge is 0.490 e. The molecule has 2 aromatic carbocycles. The van der Waals surface area contributed by atoms with E-state index in [4.69, 9.17) is 38.0 Å². The van der Waals surface area contributed by atoms with Gasteiger partial charge in [-0.05, 0) is 84.9 Å². The third-order valence-corrected chi connectivity index (χ3v) is 13.1. The van der Waals surface area contributed by atoms with Crippen LogP contribution in [0.3, 0.4) is 0 Å². The number of benzene rings is 2. The quantitative estimate of drug-likeness (QED) is 0.0724. The lowest BCUT2D eigenvalue weighted by atomic mass is 9.81. The Morgan fingerprint density at radius 1 is 0.758 bits per heavy atom. The summed E-state index contributed by atoms with van der Waals surface area (Å²) in [6.45, 7) is 10.2. The summed E-state index contributed by atoms with van der Waals surface area (Å²) in [6, 6.07) is 22.6. The molecular weight excluding hydrogens is 902 g/mol. The van der Waals surface area contributed by atoms with Gasteiger partial charge in [-0.1, -0.05) is 42.8 Å². The van der Waals surface area contributed by atoms with Crippen molar-refractivity contribution in [1.82, 2.24) is 54.6 Å². The van der Waals surface area contributed by atoms with E-state index in [2.05, 4.69) is 60.9 Å². The van der Waals surface area contributed by atoms with Crippen LogP contribution in [-0.4, -0.2) is 87.6 Å². The van der Waals surface area contributed by atoms with E-state index in [9.17, 15) is 18.8 Å². The number of hydrogen-bond acceptors (Lipinski definition) is 11. The van der Waals surface area contributed by atoms with E-state index in [-0.39, 0.29) is 17.8 Å². The highest BCUT2D eigenvalue weighted by Gasteiger charge is 2.22. The smallest absolute Gasteiger partial charge is 0.423 e. The molecule has 1 aliphatic rings. The Balaban J connectivity index is 0.000000166. The predicted molar refractivity (Wildman–Crippen MR) is 256 cm³/mol. The van der Waals surface area contributed by atoms with Crippen molar-refractivity contribution in [1.29, 1.82) is 0 Å². The molecule has 10 rings (SSSR count). The van der Waals surface area contributed by atoms with Crippen LogP contribution in [0.1, 0.15) is 5.69 Å². The summed E-state index contributed by atoms with van der Waals surface area (Å²) >= 11 is 12.3. The van der Waals surface area contributed by atoms with Gasteiger partial charge >= 0.3 is 7.12 Å². The van der Waals surface area contributed by atoms with Crippen molar-refractivity contribution < 1.29 is 23.6 Å². The SMILES string of the molecule is C[Si](C)(C)CCOCn1cnc(-c2ccc3ncc(B(O)O)cc3n2)c1-c1cc(Cl)ccc1F.Fc1ccc(Cl)cc1-c1nc[nH]c1-c1ccc2ncc(-c3cc4n(n3)CCNC4)cc2n1. The van der Waals surface area contributed by atoms with E-state index in [1.807, 2.05) is 29.1 Å². The fourth-order valence-corrected chi connectivity index (χ4v) is 8.56. The number of ether oxygens (including phenoxy) is 1. The van der Waals surface area contributed by atoms with Gasteiger partial charge in [-0.25, -0.2) is 28.7 Å². The van der Waals surface area contributed by atoms with E-state index in [1.165, 1.54) is 36.8 Å². The second-order valence-electron chi connectivity index (χ2n) is 16.9. The zero-order valence-electron chi connectivity index (χ0n) is 36.0. The van der Waals surface area contributed by atoms with Gasteiger partial charge in [0.2, 0.25) is 0 Å². The summed E-state index contributed by atoms with van der Waals surface area (Å²) in [5.41, 5.74) is 9.39. The van der Waals surface area contributed by atoms with E-state index in [0.29, 0.717) is 67.4 Å². The minimum atomic E-state index is -1.66.